The number of benzene rings is 1. The maximum atomic E-state index is 13.6. The van der Waals surface area contributed by atoms with Gasteiger partial charge < -0.3 is 5.32 Å². The predicted molar refractivity (Wildman–Crippen MR) is 98.0 cm³/mol. The van der Waals surface area contributed by atoms with Crippen molar-refractivity contribution in [2.45, 2.75) is 42.8 Å². The Bertz CT molecular complexity index is 889. The molecule has 0 saturated carbocycles. The highest BCUT2D eigenvalue weighted by molar-refractivity contribution is 8.00. The molecule has 5 nitrogen and oxygen atoms in total. The normalized spacial score (nSPS) is 13.4. The van der Waals surface area contributed by atoms with E-state index in [-0.39, 0.29) is 22.2 Å². The van der Waals surface area contributed by atoms with Gasteiger partial charge >= 0.3 is 11.6 Å². The van der Waals surface area contributed by atoms with Gasteiger partial charge in [0.1, 0.15) is 5.69 Å². The molecule has 0 saturated heterocycles. The first-order chi connectivity index (χ1) is 13.8. The first kappa shape index (κ1) is 24.4. The zero-order chi connectivity index (χ0) is 22.7. The van der Waals surface area contributed by atoms with Crippen LogP contribution in [0.3, 0.4) is 0 Å². The molecule has 0 aliphatic heterocycles. The molecule has 1 aromatic carbocycles. The number of nitrogens with one attached hydrogen (secondary N) is 1. The van der Waals surface area contributed by atoms with Crippen molar-refractivity contribution in [3.05, 3.63) is 46.2 Å². The van der Waals surface area contributed by atoms with Crippen LogP contribution in [0.1, 0.15) is 28.7 Å². The quantitative estimate of drug-likeness (QED) is 0.427. The van der Waals surface area contributed by atoms with Crippen molar-refractivity contribution in [2.24, 2.45) is 7.05 Å². The van der Waals surface area contributed by atoms with E-state index in [1.54, 1.807) is 7.05 Å². The predicted octanol–water partition coefficient (Wildman–Crippen LogP) is 5.08. The van der Waals surface area contributed by atoms with Crippen molar-refractivity contribution in [3.8, 4) is 0 Å². The summed E-state index contributed by atoms with van der Waals surface area (Å²) in [5, 5.41) is 2.50. The van der Waals surface area contributed by atoms with Gasteiger partial charge in [-0.2, -0.15) is 13.9 Å². The van der Waals surface area contributed by atoms with Crippen LogP contribution in [-0.2, 0) is 24.8 Å². The van der Waals surface area contributed by atoms with Crippen LogP contribution in [0, 0.1) is 0 Å². The largest absolute Gasteiger partial charge is 0.525 e. The SMILES string of the molecule is CCc1nn(C)c(C(=O)NCc2ccc(SC(F)(F)C(F)OC(F)(F)F)cc2)c1Cl. The van der Waals surface area contributed by atoms with Crippen LogP contribution in [-0.4, -0.2) is 33.7 Å². The number of rotatable bonds is 8. The van der Waals surface area contributed by atoms with Gasteiger partial charge in [0.15, 0.2) is 0 Å². The minimum absolute atomic E-state index is 0.0199. The first-order valence-electron chi connectivity index (χ1n) is 8.38. The number of aryl methyl sites for hydroxylation is 2. The summed E-state index contributed by atoms with van der Waals surface area (Å²) in [6, 6.07) is 5.04. The highest BCUT2D eigenvalue weighted by Gasteiger charge is 2.48. The van der Waals surface area contributed by atoms with Gasteiger partial charge in [-0.1, -0.05) is 30.7 Å². The van der Waals surface area contributed by atoms with Crippen LogP contribution in [0.5, 0.6) is 0 Å². The molecule has 0 spiro atoms. The minimum atomic E-state index is -5.53. The molecule has 1 aromatic heterocycles. The summed E-state index contributed by atoms with van der Waals surface area (Å²) in [7, 11) is 1.56. The van der Waals surface area contributed by atoms with E-state index in [1.807, 2.05) is 6.92 Å². The molecule has 1 atom stereocenters. The number of carbonyl (C=O) groups excluding carboxylic acids is 1. The summed E-state index contributed by atoms with van der Waals surface area (Å²) in [4.78, 5) is 12.1. The highest BCUT2D eigenvalue weighted by Crippen LogP contribution is 2.42. The second kappa shape index (κ2) is 9.48. The van der Waals surface area contributed by atoms with Gasteiger partial charge in [-0.3, -0.25) is 9.48 Å². The number of hydrogen-bond acceptors (Lipinski definition) is 4. The van der Waals surface area contributed by atoms with Crippen LogP contribution >= 0.6 is 23.4 Å². The number of carbonyl (C=O) groups is 1. The minimum Gasteiger partial charge on any atom is -0.347 e. The third-order valence-corrected chi connectivity index (χ3v) is 5.10. The van der Waals surface area contributed by atoms with Gasteiger partial charge in [-0.05, 0) is 35.9 Å². The van der Waals surface area contributed by atoms with Crippen LogP contribution < -0.4 is 5.32 Å². The number of hydrogen-bond donors (Lipinski definition) is 1. The molecule has 0 fully saturated rings. The number of amides is 1. The molecule has 0 bridgehead atoms. The molecule has 1 amide bonds. The Kier molecular flexibility index (Phi) is 7.69. The Morgan fingerprint density at radius 3 is 2.37 bits per heavy atom. The number of aromatic nitrogens is 2. The van der Waals surface area contributed by atoms with Crippen molar-refractivity contribution in [2.75, 3.05) is 0 Å². The van der Waals surface area contributed by atoms with Crippen LogP contribution in [0.15, 0.2) is 29.2 Å². The van der Waals surface area contributed by atoms with Crippen LogP contribution in [0.25, 0.3) is 0 Å². The maximum Gasteiger partial charge on any atom is 0.525 e. The second-order valence-corrected chi connectivity index (χ2v) is 7.55. The first-order valence-corrected chi connectivity index (χ1v) is 9.57. The fourth-order valence-electron chi connectivity index (χ4n) is 2.36. The van der Waals surface area contributed by atoms with E-state index in [2.05, 4.69) is 15.2 Å². The third kappa shape index (κ3) is 6.29. The molecule has 13 heteroatoms. The van der Waals surface area contributed by atoms with E-state index in [9.17, 15) is 31.1 Å². The topological polar surface area (TPSA) is 56.2 Å². The van der Waals surface area contributed by atoms with E-state index in [4.69, 9.17) is 11.6 Å². The molecule has 0 radical (unpaired) electrons. The lowest BCUT2D eigenvalue weighted by Crippen LogP contribution is -2.33. The lowest BCUT2D eigenvalue weighted by atomic mass is 10.2. The Hall–Kier alpha value is -1.92. The van der Waals surface area contributed by atoms with E-state index in [1.165, 1.54) is 16.8 Å². The Balaban J connectivity index is 1.98. The molecule has 1 N–H and O–H groups in total. The molecule has 166 valence electrons. The summed E-state index contributed by atoms with van der Waals surface area (Å²) < 4.78 is 80.1. The zero-order valence-corrected chi connectivity index (χ0v) is 17.1. The summed E-state index contributed by atoms with van der Waals surface area (Å²) in [5.41, 5.74) is 1.24. The third-order valence-electron chi connectivity index (χ3n) is 3.74. The van der Waals surface area contributed by atoms with Gasteiger partial charge in [-0.15, -0.1) is 13.2 Å². The number of nitrogens with zero attached hydrogens (tertiary/aromatic N) is 2. The molecule has 2 rings (SSSR count). The molecule has 0 aliphatic carbocycles. The average Bonchev–Trinajstić information content (AvgIpc) is 2.92. The van der Waals surface area contributed by atoms with Crippen molar-refractivity contribution in [1.29, 1.82) is 0 Å². The fraction of sp³-hybridized carbons (Fsp3) is 0.412. The van der Waals surface area contributed by atoms with Crippen molar-refractivity contribution >= 4 is 29.3 Å². The van der Waals surface area contributed by atoms with Gasteiger partial charge in [-0.25, -0.2) is 9.13 Å². The van der Waals surface area contributed by atoms with Gasteiger partial charge in [0.2, 0.25) is 0 Å². The summed E-state index contributed by atoms with van der Waals surface area (Å²) >= 11 is 5.71. The van der Waals surface area contributed by atoms with Gasteiger partial charge in [0.25, 0.3) is 12.3 Å². The Morgan fingerprint density at radius 1 is 1.27 bits per heavy atom. The lowest BCUT2D eigenvalue weighted by molar-refractivity contribution is -0.377. The molecule has 0 aliphatic rings. The van der Waals surface area contributed by atoms with Crippen molar-refractivity contribution in [1.82, 2.24) is 15.1 Å². The maximum absolute atomic E-state index is 13.6. The summed E-state index contributed by atoms with van der Waals surface area (Å²) in [6.45, 7) is 1.85. The van der Waals surface area contributed by atoms with Gasteiger partial charge in [0.05, 0.1) is 10.7 Å². The monoisotopic (exact) mass is 475 g/mol. The summed E-state index contributed by atoms with van der Waals surface area (Å²) in [6.07, 6.45) is -8.85. The van der Waals surface area contributed by atoms with Crippen molar-refractivity contribution in [3.63, 3.8) is 0 Å². The number of halogens is 7. The second-order valence-electron chi connectivity index (χ2n) is 5.96. The zero-order valence-electron chi connectivity index (χ0n) is 15.6. The number of alkyl halides is 6. The highest BCUT2D eigenvalue weighted by atomic mass is 35.5. The molecule has 1 unspecified atom stereocenters. The molecular weight excluding hydrogens is 460 g/mol. The summed E-state index contributed by atoms with van der Waals surface area (Å²) in [5.74, 6) is -0.496. The van der Waals surface area contributed by atoms with E-state index in [0.717, 1.165) is 12.1 Å². The molecule has 30 heavy (non-hydrogen) atoms. The average molecular weight is 476 g/mol. The van der Waals surface area contributed by atoms with E-state index in [0.29, 0.717) is 17.7 Å². The number of ether oxygens (including phenoxy) is 1. The smallest absolute Gasteiger partial charge is 0.347 e. The van der Waals surface area contributed by atoms with Gasteiger partial charge in [0, 0.05) is 18.5 Å². The van der Waals surface area contributed by atoms with Crippen molar-refractivity contribution < 1.29 is 35.9 Å². The fourth-order valence-corrected chi connectivity index (χ4v) is 3.46. The van der Waals surface area contributed by atoms with Crippen LogP contribution in [0.4, 0.5) is 26.3 Å². The lowest BCUT2D eigenvalue weighted by Gasteiger charge is -2.21. The van der Waals surface area contributed by atoms with E-state index < -0.39 is 35.6 Å². The van der Waals surface area contributed by atoms with E-state index >= 15 is 0 Å². The number of thioether (sulfide) groups is 1. The Labute approximate surface area is 176 Å². The molecular formula is C17H16ClF6N3O2S. The standard InChI is InChI=1S/C17H16ClF6N3O2S/c1-3-11-12(18)13(27(2)26-11)14(28)25-8-9-4-6-10(7-5-9)30-16(20,21)15(19)29-17(22,23)24/h4-7,15H,3,8H2,1-2H3,(H,25,28). The molecule has 1 heterocycles. The molecule has 2 aromatic rings. The van der Waals surface area contributed by atoms with Crippen LogP contribution in [0.2, 0.25) is 5.02 Å². The Morgan fingerprint density at radius 2 is 1.87 bits per heavy atom.